The Morgan fingerprint density at radius 2 is 1.73 bits per heavy atom. The van der Waals surface area contributed by atoms with E-state index in [0.717, 1.165) is 42.4 Å². The average Bonchev–Trinajstić information content (AvgIpc) is 3.68. The summed E-state index contributed by atoms with van der Waals surface area (Å²) < 4.78 is 37.6. The summed E-state index contributed by atoms with van der Waals surface area (Å²) in [5.41, 5.74) is 3.39. The van der Waals surface area contributed by atoms with Crippen LogP contribution in [0.15, 0.2) is 91.2 Å². The molecule has 56 heavy (non-hydrogen) atoms. The Morgan fingerprint density at radius 3 is 2.48 bits per heavy atom. The molecule has 12 heteroatoms. The largest absolute Gasteiger partial charge is 0.490 e. The van der Waals surface area contributed by atoms with Crippen molar-refractivity contribution in [3.8, 4) is 23.0 Å². The van der Waals surface area contributed by atoms with E-state index in [1.807, 2.05) is 30.3 Å². The molecule has 2 heterocycles. The van der Waals surface area contributed by atoms with Crippen molar-refractivity contribution < 1.29 is 48.3 Å². The van der Waals surface area contributed by atoms with Gasteiger partial charge in [0.15, 0.2) is 11.5 Å². The predicted molar refractivity (Wildman–Crippen MR) is 212 cm³/mol. The molecular formula is C44H56N2O10. The van der Waals surface area contributed by atoms with Crippen LogP contribution in [-0.4, -0.2) is 85.7 Å². The van der Waals surface area contributed by atoms with Gasteiger partial charge in [-0.15, -0.1) is 13.2 Å². The minimum absolute atomic E-state index is 0.0717. The molecule has 2 aromatic rings. The number of fused-ring (bicyclic) bond motifs is 3. The zero-order chi connectivity index (χ0) is 39.5. The van der Waals surface area contributed by atoms with Crippen LogP contribution in [0.5, 0.6) is 23.0 Å². The molecule has 2 aromatic carbocycles. The second-order valence-electron chi connectivity index (χ2n) is 14.6. The number of amides is 1. The number of unbranched alkanes of at least 4 members (excludes halogenated alkanes) is 2. The van der Waals surface area contributed by atoms with Gasteiger partial charge in [-0.25, -0.2) is 4.79 Å². The quantitative estimate of drug-likeness (QED) is 0.0748. The van der Waals surface area contributed by atoms with Gasteiger partial charge in [-0.1, -0.05) is 54.9 Å². The fourth-order valence-corrected chi connectivity index (χ4v) is 8.85. The lowest BCUT2D eigenvalue weighted by atomic mass is 9.55. The molecule has 6 atom stereocenters. The smallest absolute Gasteiger partial charge is 0.410 e. The first kappa shape index (κ1) is 40.9. The third-order valence-electron chi connectivity index (χ3n) is 11.2. The molecular weight excluding hydrogens is 716 g/mol. The molecule has 0 spiro atoms. The molecule has 302 valence electrons. The highest BCUT2D eigenvalue weighted by molar-refractivity contribution is 6.03. The van der Waals surface area contributed by atoms with Gasteiger partial charge in [0, 0.05) is 37.7 Å². The highest BCUT2D eigenvalue weighted by Gasteiger charge is 2.65. The molecule has 1 fully saturated rings. The Kier molecular flexibility index (Phi) is 14.1. The summed E-state index contributed by atoms with van der Waals surface area (Å²) in [5.74, 6) is 0.619. The zero-order valence-electron chi connectivity index (χ0n) is 32.4. The van der Waals surface area contributed by atoms with Gasteiger partial charge in [0.1, 0.15) is 31.3 Å². The number of aliphatic hydroxyl groups is 2. The second-order valence-corrected chi connectivity index (χ2v) is 14.6. The lowest BCUT2D eigenvalue weighted by molar-refractivity contribution is -0.256. The first-order valence-electron chi connectivity index (χ1n) is 19.7. The van der Waals surface area contributed by atoms with Crippen molar-refractivity contribution in [2.75, 3.05) is 46.9 Å². The van der Waals surface area contributed by atoms with Crippen molar-refractivity contribution >= 4 is 11.8 Å². The van der Waals surface area contributed by atoms with Crippen molar-refractivity contribution in [1.29, 1.82) is 0 Å². The summed E-state index contributed by atoms with van der Waals surface area (Å²) >= 11 is 0. The van der Waals surface area contributed by atoms with Crippen LogP contribution >= 0.6 is 0 Å². The molecule has 0 saturated heterocycles. The number of oxime groups is 1. The Morgan fingerprint density at radius 1 is 0.964 bits per heavy atom. The first-order valence-corrected chi connectivity index (χ1v) is 19.7. The molecule has 0 radical (unpaired) electrons. The second kappa shape index (κ2) is 19.4. The van der Waals surface area contributed by atoms with Crippen LogP contribution in [0.3, 0.4) is 0 Å². The van der Waals surface area contributed by atoms with Crippen LogP contribution in [0.1, 0.15) is 68.4 Å². The van der Waals surface area contributed by atoms with E-state index in [1.54, 1.807) is 23.1 Å². The minimum Gasteiger partial charge on any atom is -0.490 e. The van der Waals surface area contributed by atoms with Crippen molar-refractivity contribution in [3.05, 3.63) is 97.1 Å². The molecule has 0 bridgehead atoms. The number of nitrogens with zero attached hydrogens (tertiary/aromatic N) is 2. The summed E-state index contributed by atoms with van der Waals surface area (Å²) in [6, 6.07) is 10.7. The van der Waals surface area contributed by atoms with E-state index in [1.165, 1.54) is 7.11 Å². The highest BCUT2D eigenvalue weighted by Crippen LogP contribution is 2.62. The van der Waals surface area contributed by atoms with E-state index < -0.39 is 23.8 Å². The maximum Gasteiger partial charge on any atom is 0.410 e. The summed E-state index contributed by atoms with van der Waals surface area (Å²) in [4.78, 5) is 21.8. The van der Waals surface area contributed by atoms with Gasteiger partial charge >= 0.3 is 6.09 Å². The number of hydrogen-bond acceptors (Lipinski definition) is 11. The number of aliphatic hydroxyl groups excluding tert-OH is 2. The summed E-state index contributed by atoms with van der Waals surface area (Å²) in [6.07, 6.45) is 12.2. The van der Waals surface area contributed by atoms with Crippen LogP contribution < -0.4 is 18.9 Å². The van der Waals surface area contributed by atoms with Gasteiger partial charge in [-0.05, 0) is 85.4 Å². The molecule has 2 aliphatic carbocycles. The van der Waals surface area contributed by atoms with Crippen molar-refractivity contribution in [2.24, 2.45) is 22.9 Å². The van der Waals surface area contributed by atoms with Gasteiger partial charge in [0.2, 0.25) is 12.6 Å². The van der Waals surface area contributed by atoms with Crippen molar-refractivity contribution in [1.82, 2.24) is 4.90 Å². The maximum absolute atomic E-state index is 14.5. The molecule has 1 amide bonds. The van der Waals surface area contributed by atoms with Gasteiger partial charge < -0.3 is 43.5 Å². The van der Waals surface area contributed by atoms with Crippen molar-refractivity contribution in [2.45, 2.75) is 75.7 Å². The number of carbonyl (C=O) groups is 1. The van der Waals surface area contributed by atoms with Crippen LogP contribution in [0.2, 0.25) is 0 Å². The van der Waals surface area contributed by atoms with Crippen molar-refractivity contribution in [3.63, 3.8) is 0 Å². The molecule has 1 saturated carbocycles. The summed E-state index contributed by atoms with van der Waals surface area (Å²) in [5, 5.41) is 24.3. The lowest BCUT2D eigenvalue weighted by Gasteiger charge is -2.59. The summed E-state index contributed by atoms with van der Waals surface area (Å²) in [6.45, 7) is 12.7. The minimum atomic E-state index is -1.44. The van der Waals surface area contributed by atoms with Crippen LogP contribution in [-0.2, 0) is 20.9 Å². The summed E-state index contributed by atoms with van der Waals surface area (Å²) in [7, 11) is 1.53. The van der Waals surface area contributed by atoms with E-state index in [0.29, 0.717) is 54.6 Å². The van der Waals surface area contributed by atoms with Crippen LogP contribution in [0, 0.1) is 17.8 Å². The van der Waals surface area contributed by atoms with E-state index >= 15 is 0 Å². The average molecular weight is 773 g/mol. The zero-order valence-corrected chi connectivity index (χ0v) is 32.4. The number of carbonyl (C=O) groups excluding carboxylic acids is 1. The number of benzene rings is 2. The Balaban J connectivity index is 1.57. The fraction of sp³-hybridized carbons (Fsp3) is 0.500. The molecule has 12 nitrogen and oxygen atoms in total. The monoisotopic (exact) mass is 772 g/mol. The standard InChI is InChI=1S/C44H56N2O10/c1-5-8-23-52-43(49)46(28-30-15-17-38-39(24-30)54-29-53-38)40-27-36(45-50-4)34-25-31(13-9-11-19-47)33(14-10-12-20-48)41-35-26-32(51-21-6-2)16-18-37(35)56-44(40,42(34)41)55-22-7-3/h5-7,15-18,24-26,31,33,40-42,47-48H,1-3,8-14,19-23,27-29H2,4H3. The van der Waals surface area contributed by atoms with E-state index in [2.05, 4.69) is 37.0 Å². The Bertz CT molecular complexity index is 1760. The van der Waals surface area contributed by atoms with Crippen LogP contribution in [0.4, 0.5) is 4.79 Å². The third-order valence-corrected chi connectivity index (χ3v) is 11.2. The lowest BCUT2D eigenvalue weighted by Crippen LogP contribution is -2.70. The highest BCUT2D eigenvalue weighted by atomic mass is 16.7. The number of ether oxygens (including phenoxy) is 6. The number of hydrogen-bond donors (Lipinski definition) is 2. The predicted octanol–water partition coefficient (Wildman–Crippen LogP) is 7.46. The van der Waals surface area contributed by atoms with E-state index in [4.69, 9.17) is 33.3 Å². The third kappa shape index (κ3) is 8.62. The molecule has 2 aliphatic heterocycles. The fourth-order valence-electron chi connectivity index (χ4n) is 8.85. The first-order chi connectivity index (χ1) is 27.4. The Labute approximate surface area is 330 Å². The van der Waals surface area contributed by atoms with Gasteiger partial charge in [-0.2, -0.15) is 0 Å². The van der Waals surface area contributed by atoms with Gasteiger partial charge in [0.05, 0.1) is 24.8 Å². The maximum atomic E-state index is 14.5. The van der Waals surface area contributed by atoms with Gasteiger partial charge in [0.25, 0.3) is 0 Å². The number of rotatable bonds is 21. The number of allylic oxidation sites excluding steroid dienone is 1. The molecule has 0 aromatic heterocycles. The van der Waals surface area contributed by atoms with E-state index in [-0.39, 0.29) is 63.9 Å². The molecule has 2 N–H and O–H groups in total. The molecule has 6 rings (SSSR count). The topological polar surface area (TPSA) is 138 Å². The normalized spacial score (nSPS) is 24.9. The molecule has 6 unspecified atom stereocenters. The Hall–Kier alpha value is -4.78. The SMILES string of the molecule is C=CCCOC(=O)N(Cc1ccc2c(c1)OCO2)C1CC(=NOC)C2=CC(CCCCO)C(CCCCO)C3c4cc(OCC=C)ccc4OC1(OCC=C)C23. The van der Waals surface area contributed by atoms with E-state index in [9.17, 15) is 15.0 Å². The molecule has 4 aliphatic rings. The van der Waals surface area contributed by atoms with Crippen LogP contribution in [0.25, 0.3) is 0 Å². The van der Waals surface area contributed by atoms with Gasteiger partial charge in [-0.3, -0.25) is 4.90 Å².